The molecule has 1 amide bonds. The van der Waals surface area contributed by atoms with E-state index >= 15 is 0 Å². The number of carbonyl (C=O) groups excluding carboxylic acids is 1. The van der Waals surface area contributed by atoms with Gasteiger partial charge in [-0.05, 0) is 26.2 Å². The van der Waals surface area contributed by atoms with E-state index in [9.17, 15) is 4.79 Å². The SMILES string of the molecule is CO[C@@H]1CCC[C@@H](C)N1C=O. The first-order valence-corrected chi connectivity index (χ1v) is 4.05. The summed E-state index contributed by atoms with van der Waals surface area (Å²) in [7, 11) is 1.65. The maximum Gasteiger partial charge on any atom is 0.211 e. The maximum absolute atomic E-state index is 10.6. The maximum atomic E-state index is 10.6. The Hall–Kier alpha value is -0.570. The van der Waals surface area contributed by atoms with E-state index in [4.69, 9.17) is 4.74 Å². The molecule has 0 spiro atoms. The molecule has 0 aromatic heterocycles. The van der Waals surface area contributed by atoms with Crippen LogP contribution >= 0.6 is 0 Å². The van der Waals surface area contributed by atoms with Crippen LogP contribution in [0.2, 0.25) is 0 Å². The third-order valence-corrected chi connectivity index (χ3v) is 2.31. The van der Waals surface area contributed by atoms with Gasteiger partial charge in [-0.3, -0.25) is 4.79 Å². The van der Waals surface area contributed by atoms with Gasteiger partial charge < -0.3 is 9.64 Å². The molecule has 0 aromatic rings. The minimum absolute atomic E-state index is 0.0104. The van der Waals surface area contributed by atoms with Crippen molar-refractivity contribution in [1.82, 2.24) is 4.90 Å². The molecule has 64 valence electrons. The van der Waals surface area contributed by atoms with Crippen LogP contribution in [0.1, 0.15) is 26.2 Å². The first-order chi connectivity index (χ1) is 5.29. The van der Waals surface area contributed by atoms with Crippen molar-refractivity contribution in [2.75, 3.05) is 7.11 Å². The Balaban J connectivity index is 2.55. The molecule has 3 nitrogen and oxygen atoms in total. The van der Waals surface area contributed by atoms with Crippen LogP contribution in [0.4, 0.5) is 0 Å². The molecule has 0 N–H and O–H groups in total. The number of piperidine rings is 1. The minimum Gasteiger partial charge on any atom is -0.362 e. The van der Waals surface area contributed by atoms with E-state index in [1.165, 1.54) is 0 Å². The lowest BCUT2D eigenvalue weighted by Gasteiger charge is -2.36. The number of hydrogen-bond donors (Lipinski definition) is 0. The van der Waals surface area contributed by atoms with Gasteiger partial charge in [-0.25, -0.2) is 0 Å². The molecular formula is C8H15NO2. The smallest absolute Gasteiger partial charge is 0.211 e. The standard InChI is InChI=1S/C8H15NO2/c1-7-4-3-5-8(11-2)9(7)6-10/h6-8H,3-5H2,1-2H3/t7-,8-/m1/s1. The van der Waals surface area contributed by atoms with Gasteiger partial charge in [-0.1, -0.05) is 0 Å². The molecule has 3 heteroatoms. The van der Waals surface area contributed by atoms with Gasteiger partial charge in [-0.15, -0.1) is 0 Å². The van der Waals surface area contributed by atoms with Crippen LogP contribution in [0.3, 0.4) is 0 Å². The summed E-state index contributed by atoms with van der Waals surface area (Å²) in [5.74, 6) is 0. The van der Waals surface area contributed by atoms with Crippen LogP contribution in [0.25, 0.3) is 0 Å². The van der Waals surface area contributed by atoms with Gasteiger partial charge in [0.25, 0.3) is 0 Å². The molecule has 1 rings (SSSR count). The quantitative estimate of drug-likeness (QED) is 0.559. The highest BCUT2D eigenvalue weighted by molar-refractivity contribution is 5.48. The molecular weight excluding hydrogens is 142 g/mol. The minimum atomic E-state index is 0.0104. The van der Waals surface area contributed by atoms with Crippen molar-refractivity contribution in [1.29, 1.82) is 0 Å². The fourth-order valence-electron chi connectivity index (χ4n) is 1.58. The zero-order valence-corrected chi connectivity index (χ0v) is 7.12. The van der Waals surface area contributed by atoms with E-state index in [-0.39, 0.29) is 6.23 Å². The number of likely N-dealkylation sites (tertiary alicyclic amines) is 1. The van der Waals surface area contributed by atoms with E-state index in [0.717, 1.165) is 25.7 Å². The van der Waals surface area contributed by atoms with Crippen LogP contribution in [0.5, 0.6) is 0 Å². The molecule has 1 aliphatic heterocycles. The van der Waals surface area contributed by atoms with Gasteiger partial charge in [0.2, 0.25) is 6.41 Å². The summed E-state index contributed by atoms with van der Waals surface area (Å²) in [5, 5.41) is 0. The van der Waals surface area contributed by atoms with E-state index in [1.54, 1.807) is 12.0 Å². The predicted octanol–water partition coefficient (Wildman–Crippen LogP) is 0.990. The van der Waals surface area contributed by atoms with Gasteiger partial charge in [0, 0.05) is 13.2 Å². The highest BCUT2D eigenvalue weighted by Gasteiger charge is 2.25. The van der Waals surface area contributed by atoms with Gasteiger partial charge in [0.15, 0.2) is 0 Å². The first-order valence-electron chi connectivity index (χ1n) is 4.05. The van der Waals surface area contributed by atoms with Crippen molar-refractivity contribution in [3.8, 4) is 0 Å². The third-order valence-electron chi connectivity index (χ3n) is 2.31. The average molecular weight is 157 g/mol. The fraction of sp³-hybridized carbons (Fsp3) is 0.875. The van der Waals surface area contributed by atoms with E-state index in [0.29, 0.717) is 6.04 Å². The second-order valence-electron chi connectivity index (χ2n) is 3.02. The zero-order chi connectivity index (χ0) is 8.27. The highest BCUT2D eigenvalue weighted by Crippen LogP contribution is 2.20. The van der Waals surface area contributed by atoms with Crippen LogP contribution in [-0.2, 0) is 9.53 Å². The van der Waals surface area contributed by atoms with Crippen LogP contribution < -0.4 is 0 Å². The topological polar surface area (TPSA) is 29.5 Å². The summed E-state index contributed by atoms with van der Waals surface area (Å²) in [5.41, 5.74) is 0. The Bertz CT molecular complexity index is 138. The summed E-state index contributed by atoms with van der Waals surface area (Å²) in [4.78, 5) is 12.3. The second kappa shape index (κ2) is 3.72. The summed E-state index contributed by atoms with van der Waals surface area (Å²) in [6.07, 6.45) is 4.12. The van der Waals surface area contributed by atoms with Crippen molar-refractivity contribution in [3.05, 3.63) is 0 Å². The average Bonchev–Trinajstić information content (AvgIpc) is 2.04. The zero-order valence-electron chi connectivity index (χ0n) is 7.12. The Morgan fingerprint density at radius 3 is 2.73 bits per heavy atom. The molecule has 2 atom stereocenters. The van der Waals surface area contributed by atoms with Gasteiger partial charge >= 0.3 is 0 Å². The normalized spacial score (nSPS) is 32.0. The molecule has 0 bridgehead atoms. The Morgan fingerprint density at radius 1 is 1.55 bits per heavy atom. The molecule has 1 fully saturated rings. The highest BCUT2D eigenvalue weighted by atomic mass is 16.5. The lowest BCUT2D eigenvalue weighted by Crippen LogP contribution is -2.45. The van der Waals surface area contributed by atoms with E-state index < -0.39 is 0 Å². The van der Waals surface area contributed by atoms with Crippen molar-refractivity contribution in [2.45, 2.75) is 38.5 Å². The fourth-order valence-corrected chi connectivity index (χ4v) is 1.58. The summed E-state index contributed by atoms with van der Waals surface area (Å²) in [6.45, 7) is 2.06. The number of carbonyl (C=O) groups is 1. The number of amides is 1. The lowest BCUT2D eigenvalue weighted by molar-refractivity contribution is -0.139. The van der Waals surface area contributed by atoms with E-state index in [2.05, 4.69) is 6.92 Å². The summed E-state index contributed by atoms with van der Waals surface area (Å²) >= 11 is 0. The number of rotatable bonds is 2. The molecule has 0 saturated carbocycles. The van der Waals surface area contributed by atoms with Crippen LogP contribution in [-0.4, -0.2) is 30.7 Å². The monoisotopic (exact) mass is 157 g/mol. The number of methoxy groups -OCH3 is 1. The van der Waals surface area contributed by atoms with Crippen molar-refractivity contribution < 1.29 is 9.53 Å². The largest absolute Gasteiger partial charge is 0.362 e. The number of hydrogen-bond acceptors (Lipinski definition) is 2. The number of ether oxygens (including phenoxy) is 1. The second-order valence-corrected chi connectivity index (χ2v) is 3.02. The molecule has 0 aromatic carbocycles. The summed E-state index contributed by atoms with van der Waals surface area (Å²) in [6, 6.07) is 0.339. The molecule has 1 saturated heterocycles. The lowest BCUT2D eigenvalue weighted by atomic mass is 10.0. The van der Waals surface area contributed by atoms with Crippen molar-refractivity contribution >= 4 is 6.41 Å². The molecule has 1 heterocycles. The number of nitrogens with zero attached hydrogens (tertiary/aromatic N) is 1. The van der Waals surface area contributed by atoms with E-state index in [1.807, 2.05) is 0 Å². The molecule has 1 aliphatic rings. The predicted molar refractivity (Wildman–Crippen MR) is 42.0 cm³/mol. The van der Waals surface area contributed by atoms with Gasteiger partial charge in [0.1, 0.15) is 6.23 Å². The van der Waals surface area contributed by atoms with Gasteiger partial charge in [-0.2, -0.15) is 0 Å². The van der Waals surface area contributed by atoms with Crippen molar-refractivity contribution in [2.24, 2.45) is 0 Å². The molecule has 11 heavy (non-hydrogen) atoms. The Kier molecular flexibility index (Phi) is 2.88. The van der Waals surface area contributed by atoms with Crippen LogP contribution in [0, 0.1) is 0 Å². The molecule has 0 radical (unpaired) electrons. The van der Waals surface area contributed by atoms with Crippen LogP contribution in [0.15, 0.2) is 0 Å². The first kappa shape index (κ1) is 8.53. The van der Waals surface area contributed by atoms with Crippen molar-refractivity contribution in [3.63, 3.8) is 0 Å². The third kappa shape index (κ3) is 1.71. The molecule has 0 unspecified atom stereocenters. The van der Waals surface area contributed by atoms with Gasteiger partial charge in [0.05, 0.1) is 0 Å². The Labute approximate surface area is 67.3 Å². The summed E-state index contributed by atoms with van der Waals surface area (Å²) < 4.78 is 5.16. The molecule has 0 aliphatic carbocycles. The Morgan fingerprint density at radius 2 is 2.27 bits per heavy atom.